The minimum Gasteiger partial charge on any atom is -0.299 e. The molecule has 0 N–H and O–H groups in total. The summed E-state index contributed by atoms with van der Waals surface area (Å²) in [7, 11) is 0. The van der Waals surface area contributed by atoms with Crippen molar-refractivity contribution in [2.75, 3.05) is 0 Å². The Morgan fingerprint density at radius 1 is 1.13 bits per heavy atom. The molecule has 0 spiro atoms. The average Bonchev–Trinajstić information content (AvgIpc) is 2.81. The van der Waals surface area contributed by atoms with Crippen LogP contribution in [0.4, 0.5) is 0 Å². The highest BCUT2D eigenvalue weighted by Gasteiger charge is 2.59. The molecule has 3 saturated carbocycles. The number of carbonyl (C=O) groups excluding carboxylic acids is 2. The molecule has 0 bridgehead atoms. The SMILES string of the molecule is C[C@@]12C(=CCC=C1C(=O)S)CC[C@@H]1[C@@H]2CC[C@]2(C)C(=O)CC[C@@H]12. The van der Waals surface area contributed by atoms with Crippen molar-refractivity contribution in [1.82, 2.24) is 0 Å². The maximum atomic E-state index is 12.5. The number of carbonyl (C=O) groups is 2. The number of ketones is 1. The van der Waals surface area contributed by atoms with E-state index in [0.29, 0.717) is 23.5 Å². The van der Waals surface area contributed by atoms with Crippen LogP contribution in [0.5, 0.6) is 0 Å². The van der Waals surface area contributed by atoms with Crippen LogP contribution in [0, 0.1) is 28.6 Å². The van der Waals surface area contributed by atoms with Crippen LogP contribution in [0.2, 0.25) is 0 Å². The summed E-state index contributed by atoms with van der Waals surface area (Å²) in [6.45, 7) is 4.48. The monoisotopic (exact) mass is 330 g/mol. The minimum atomic E-state index is -0.146. The fourth-order valence-electron chi connectivity index (χ4n) is 6.53. The minimum absolute atomic E-state index is 0.0606. The second-order valence-electron chi connectivity index (χ2n) is 8.42. The van der Waals surface area contributed by atoms with Crippen LogP contribution < -0.4 is 0 Å². The first kappa shape index (κ1) is 15.7. The first-order chi connectivity index (χ1) is 10.9. The molecule has 4 rings (SSSR count). The maximum Gasteiger partial charge on any atom is 0.212 e. The summed E-state index contributed by atoms with van der Waals surface area (Å²) in [5, 5.41) is -0.0606. The topological polar surface area (TPSA) is 34.1 Å². The molecule has 0 aromatic carbocycles. The summed E-state index contributed by atoms with van der Waals surface area (Å²) in [6.07, 6.45) is 11.4. The van der Waals surface area contributed by atoms with Gasteiger partial charge in [-0.15, -0.1) is 12.6 Å². The Bertz CT molecular complexity index is 646. The Kier molecular flexibility index (Phi) is 3.46. The van der Waals surface area contributed by atoms with Crippen molar-refractivity contribution < 1.29 is 9.59 Å². The summed E-state index contributed by atoms with van der Waals surface area (Å²) in [5.74, 6) is 2.08. The summed E-state index contributed by atoms with van der Waals surface area (Å²) in [6, 6.07) is 0. The number of rotatable bonds is 1. The van der Waals surface area contributed by atoms with Gasteiger partial charge in [-0.3, -0.25) is 9.59 Å². The van der Waals surface area contributed by atoms with Gasteiger partial charge in [0, 0.05) is 22.8 Å². The zero-order valence-corrected chi connectivity index (χ0v) is 15.0. The highest BCUT2D eigenvalue weighted by Crippen LogP contribution is 2.65. The molecule has 4 aliphatic rings. The van der Waals surface area contributed by atoms with E-state index in [0.717, 1.165) is 44.1 Å². The van der Waals surface area contributed by atoms with Gasteiger partial charge in [-0.25, -0.2) is 0 Å². The molecule has 0 unspecified atom stereocenters. The molecule has 3 fully saturated rings. The summed E-state index contributed by atoms with van der Waals surface area (Å²) in [5.41, 5.74) is 2.13. The first-order valence-electron chi connectivity index (χ1n) is 9.06. The average molecular weight is 330 g/mol. The van der Waals surface area contributed by atoms with E-state index in [4.69, 9.17) is 0 Å². The molecular weight excluding hydrogens is 304 g/mol. The molecule has 5 atom stereocenters. The van der Waals surface area contributed by atoms with E-state index in [9.17, 15) is 9.59 Å². The zero-order chi connectivity index (χ0) is 16.4. The van der Waals surface area contributed by atoms with Crippen LogP contribution >= 0.6 is 12.6 Å². The summed E-state index contributed by atoms with van der Waals surface area (Å²) in [4.78, 5) is 24.6. The predicted molar refractivity (Wildman–Crippen MR) is 94.2 cm³/mol. The molecule has 2 nitrogen and oxygen atoms in total. The van der Waals surface area contributed by atoms with Crippen LogP contribution in [0.15, 0.2) is 23.3 Å². The summed E-state index contributed by atoms with van der Waals surface area (Å²) < 4.78 is 0. The number of fused-ring (bicyclic) bond motifs is 5. The lowest BCUT2D eigenvalue weighted by Crippen LogP contribution is -2.51. The van der Waals surface area contributed by atoms with Crippen LogP contribution in [0.1, 0.15) is 58.8 Å². The quantitative estimate of drug-likeness (QED) is 0.567. The van der Waals surface area contributed by atoms with Crippen molar-refractivity contribution in [3.8, 4) is 0 Å². The van der Waals surface area contributed by atoms with E-state index < -0.39 is 0 Å². The van der Waals surface area contributed by atoms with Gasteiger partial charge in [-0.2, -0.15) is 0 Å². The van der Waals surface area contributed by atoms with Gasteiger partial charge in [-0.05, 0) is 56.3 Å². The van der Waals surface area contributed by atoms with Gasteiger partial charge in [0.05, 0.1) is 0 Å². The van der Waals surface area contributed by atoms with E-state index in [1.54, 1.807) is 0 Å². The lowest BCUT2D eigenvalue weighted by Gasteiger charge is -2.57. The Labute approximate surface area is 144 Å². The van der Waals surface area contributed by atoms with Crippen molar-refractivity contribution in [2.24, 2.45) is 28.6 Å². The van der Waals surface area contributed by atoms with Gasteiger partial charge in [0.25, 0.3) is 0 Å². The molecular formula is C20H26O2S. The van der Waals surface area contributed by atoms with Crippen molar-refractivity contribution in [3.05, 3.63) is 23.3 Å². The molecule has 3 heteroatoms. The first-order valence-corrected chi connectivity index (χ1v) is 9.50. The van der Waals surface area contributed by atoms with E-state index in [2.05, 4.69) is 38.6 Å². The molecule has 0 radical (unpaired) electrons. The number of Topliss-reactive ketones (excluding diaryl/α,β-unsaturated/α-hetero) is 1. The summed E-state index contributed by atoms with van der Waals surface area (Å²) >= 11 is 4.19. The van der Waals surface area contributed by atoms with Gasteiger partial charge in [0.15, 0.2) is 0 Å². The van der Waals surface area contributed by atoms with E-state index in [-0.39, 0.29) is 15.9 Å². The maximum absolute atomic E-state index is 12.5. The molecule has 0 aromatic heterocycles. The molecule has 0 amide bonds. The Hall–Kier alpha value is -0.830. The second kappa shape index (κ2) is 5.08. The Morgan fingerprint density at radius 2 is 1.91 bits per heavy atom. The third-order valence-electron chi connectivity index (χ3n) is 7.78. The second-order valence-corrected chi connectivity index (χ2v) is 8.83. The normalized spacial score (nSPS) is 45.5. The number of allylic oxidation sites excluding steroid dienone is 3. The number of hydrogen-bond acceptors (Lipinski definition) is 2. The standard InChI is InChI=1S/C20H26O2S/c1-19-11-10-15-13(14(19)8-9-17(19)21)7-6-12-4-3-5-16(18(22)23)20(12,15)2/h4-5,13-15H,3,6-11H2,1-2H3,(H,22,23)/t13-,14-,15-,19-,20-/m0/s1. The van der Waals surface area contributed by atoms with Crippen LogP contribution in [-0.4, -0.2) is 10.9 Å². The number of hydrogen-bond donors (Lipinski definition) is 1. The van der Waals surface area contributed by atoms with Crippen LogP contribution in [0.3, 0.4) is 0 Å². The van der Waals surface area contributed by atoms with Gasteiger partial charge < -0.3 is 0 Å². The third kappa shape index (κ3) is 1.95. The van der Waals surface area contributed by atoms with Crippen molar-refractivity contribution in [2.45, 2.75) is 58.8 Å². The van der Waals surface area contributed by atoms with Crippen LogP contribution in [-0.2, 0) is 9.59 Å². The van der Waals surface area contributed by atoms with Gasteiger partial charge in [-0.1, -0.05) is 31.6 Å². The molecule has 0 aromatic rings. The lowest BCUT2D eigenvalue weighted by molar-refractivity contribution is -0.132. The van der Waals surface area contributed by atoms with Crippen molar-refractivity contribution in [1.29, 1.82) is 0 Å². The number of thiol groups is 1. The molecule has 0 saturated heterocycles. The lowest BCUT2D eigenvalue weighted by atomic mass is 9.47. The van der Waals surface area contributed by atoms with Crippen LogP contribution in [0.25, 0.3) is 0 Å². The smallest absolute Gasteiger partial charge is 0.212 e. The molecule has 0 aliphatic heterocycles. The predicted octanol–water partition coefficient (Wildman–Crippen LogP) is 4.51. The van der Waals surface area contributed by atoms with Crippen molar-refractivity contribution in [3.63, 3.8) is 0 Å². The molecule has 4 aliphatic carbocycles. The fraction of sp³-hybridized carbons (Fsp3) is 0.700. The highest BCUT2D eigenvalue weighted by molar-refractivity contribution is 7.97. The van der Waals surface area contributed by atoms with Gasteiger partial charge in [0.2, 0.25) is 5.12 Å². The molecule has 0 heterocycles. The molecule has 23 heavy (non-hydrogen) atoms. The highest BCUT2D eigenvalue weighted by atomic mass is 32.1. The van der Waals surface area contributed by atoms with E-state index in [1.165, 1.54) is 12.0 Å². The van der Waals surface area contributed by atoms with E-state index in [1.807, 2.05) is 0 Å². The van der Waals surface area contributed by atoms with Gasteiger partial charge >= 0.3 is 0 Å². The Morgan fingerprint density at radius 3 is 2.65 bits per heavy atom. The Balaban J connectivity index is 1.76. The molecule has 124 valence electrons. The van der Waals surface area contributed by atoms with Crippen molar-refractivity contribution >= 4 is 23.5 Å². The fourth-order valence-corrected chi connectivity index (χ4v) is 6.85. The third-order valence-corrected chi connectivity index (χ3v) is 8.02. The zero-order valence-electron chi connectivity index (χ0n) is 14.1. The van der Waals surface area contributed by atoms with Gasteiger partial charge in [0.1, 0.15) is 5.78 Å². The largest absolute Gasteiger partial charge is 0.299 e. The van der Waals surface area contributed by atoms with E-state index >= 15 is 0 Å².